The first-order chi connectivity index (χ1) is 7.60. The first-order valence-electron chi connectivity index (χ1n) is 4.64. The summed E-state index contributed by atoms with van der Waals surface area (Å²) < 4.78 is 13.5. The average molecular weight is 244 g/mol. The van der Waals surface area contributed by atoms with Crippen molar-refractivity contribution >= 4 is 17.6 Å². The van der Waals surface area contributed by atoms with Crippen molar-refractivity contribution in [1.29, 1.82) is 0 Å². The highest BCUT2D eigenvalue weighted by Gasteiger charge is 2.15. The van der Waals surface area contributed by atoms with Gasteiger partial charge in [0.2, 0.25) is 0 Å². The van der Waals surface area contributed by atoms with Gasteiger partial charge in [0.05, 0.1) is 12.2 Å². The van der Waals surface area contributed by atoms with Crippen molar-refractivity contribution < 1.29 is 14.7 Å². The molecule has 1 rings (SSSR count). The third kappa shape index (κ3) is 2.86. The van der Waals surface area contributed by atoms with Crippen LogP contribution in [0.2, 0.25) is 0 Å². The highest BCUT2D eigenvalue weighted by Crippen LogP contribution is 2.28. The fraction of sp³-hybridized carbons (Fsp3) is 0.300. The monoisotopic (exact) mass is 244 g/mol. The lowest BCUT2D eigenvalue weighted by molar-refractivity contribution is 0.300. The Morgan fingerprint density at radius 1 is 1.62 bits per heavy atom. The summed E-state index contributed by atoms with van der Waals surface area (Å²) in [7, 11) is 0. The number of hydrogen-bond donors (Lipinski definition) is 3. The smallest absolute Gasteiger partial charge is 0.174 e. The van der Waals surface area contributed by atoms with Gasteiger partial charge in [-0.25, -0.2) is 4.39 Å². The zero-order valence-corrected chi connectivity index (χ0v) is 9.54. The van der Waals surface area contributed by atoms with Crippen molar-refractivity contribution in [2.45, 2.75) is 17.1 Å². The van der Waals surface area contributed by atoms with E-state index in [4.69, 9.17) is 16.0 Å². The maximum absolute atomic E-state index is 13.5. The van der Waals surface area contributed by atoms with Crippen LogP contribution in [0, 0.1) is 5.82 Å². The number of benzene rings is 1. The molecular weight excluding hydrogens is 231 g/mol. The van der Waals surface area contributed by atoms with Gasteiger partial charge in [-0.3, -0.25) is 0 Å². The van der Waals surface area contributed by atoms with E-state index in [2.05, 4.69) is 5.16 Å². The molecular formula is C10H13FN2O2S. The molecule has 0 fully saturated rings. The SMILES string of the molecule is CC(CO)Sc1cccc(F)c1/C(N)=N/O. The highest BCUT2D eigenvalue weighted by atomic mass is 32.2. The maximum atomic E-state index is 13.5. The van der Waals surface area contributed by atoms with Crippen molar-refractivity contribution in [3.05, 3.63) is 29.6 Å². The van der Waals surface area contributed by atoms with Crippen LogP contribution in [0.15, 0.2) is 28.3 Å². The molecule has 0 aliphatic rings. The Balaban J connectivity index is 3.13. The molecule has 1 aromatic carbocycles. The third-order valence-corrected chi connectivity index (χ3v) is 3.07. The summed E-state index contributed by atoms with van der Waals surface area (Å²) >= 11 is 1.27. The van der Waals surface area contributed by atoms with E-state index in [0.717, 1.165) is 0 Å². The number of nitrogens with two attached hydrogens (primary N) is 1. The Labute approximate surface area is 97.0 Å². The van der Waals surface area contributed by atoms with Gasteiger partial charge in [-0.2, -0.15) is 0 Å². The van der Waals surface area contributed by atoms with Gasteiger partial charge in [0.15, 0.2) is 5.84 Å². The van der Waals surface area contributed by atoms with Crippen molar-refractivity contribution in [3.63, 3.8) is 0 Å². The van der Waals surface area contributed by atoms with Crippen LogP contribution in [-0.2, 0) is 0 Å². The Morgan fingerprint density at radius 3 is 2.88 bits per heavy atom. The third-order valence-electron chi connectivity index (χ3n) is 1.92. The molecule has 0 aromatic heterocycles. The molecule has 0 aliphatic carbocycles. The second-order valence-corrected chi connectivity index (χ2v) is 4.69. The zero-order chi connectivity index (χ0) is 12.1. The van der Waals surface area contributed by atoms with Crippen LogP contribution in [0.25, 0.3) is 0 Å². The van der Waals surface area contributed by atoms with Crippen LogP contribution >= 0.6 is 11.8 Å². The highest BCUT2D eigenvalue weighted by molar-refractivity contribution is 8.00. The summed E-state index contributed by atoms with van der Waals surface area (Å²) in [6, 6.07) is 4.43. The molecule has 1 atom stereocenters. The quantitative estimate of drug-likeness (QED) is 0.246. The standard InChI is InChI=1S/C10H13FN2O2S/c1-6(5-14)16-8-4-2-3-7(11)9(8)10(12)13-15/h2-4,6,14-15H,5H2,1H3,(H2,12,13). The lowest BCUT2D eigenvalue weighted by Crippen LogP contribution is -2.17. The van der Waals surface area contributed by atoms with Gasteiger partial charge in [-0.15, -0.1) is 11.8 Å². The number of halogens is 1. The molecule has 1 aromatic rings. The van der Waals surface area contributed by atoms with Gasteiger partial charge in [-0.1, -0.05) is 18.1 Å². The van der Waals surface area contributed by atoms with Gasteiger partial charge < -0.3 is 16.0 Å². The van der Waals surface area contributed by atoms with E-state index in [1.807, 2.05) is 0 Å². The molecule has 0 bridgehead atoms. The molecule has 0 radical (unpaired) electrons. The van der Waals surface area contributed by atoms with Crippen LogP contribution in [0.1, 0.15) is 12.5 Å². The summed E-state index contributed by atoms with van der Waals surface area (Å²) in [4.78, 5) is 0.539. The first kappa shape index (κ1) is 12.8. The minimum Gasteiger partial charge on any atom is -0.409 e. The summed E-state index contributed by atoms with van der Waals surface area (Å²) in [5, 5.41) is 20.2. The van der Waals surface area contributed by atoms with Crippen LogP contribution < -0.4 is 5.73 Å². The zero-order valence-electron chi connectivity index (χ0n) is 8.72. The fourth-order valence-corrected chi connectivity index (χ4v) is 2.14. The summed E-state index contributed by atoms with van der Waals surface area (Å²) in [5.74, 6) is -0.823. The van der Waals surface area contributed by atoms with E-state index in [-0.39, 0.29) is 23.3 Å². The predicted molar refractivity (Wildman–Crippen MR) is 61.3 cm³/mol. The van der Waals surface area contributed by atoms with Crippen molar-refractivity contribution in [1.82, 2.24) is 0 Å². The molecule has 0 amide bonds. The number of nitrogens with zero attached hydrogens (tertiary/aromatic N) is 1. The maximum Gasteiger partial charge on any atom is 0.174 e. The van der Waals surface area contributed by atoms with Crippen molar-refractivity contribution in [2.75, 3.05) is 6.61 Å². The minimum absolute atomic E-state index is 0.0310. The number of rotatable bonds is 4. The number of oxime groups is 1. The van der Waals surface area contributed by atoms with E-state index in [0.29, 0.717) is 4.90 Å². The van der Waals surface area contributed by atoms with E-state index in [1.54, 1.807) is 13.0 Å². The van der Waals surface area contributed by atoms with Crippen LogP contribution in [0.4, 0.5) is 4.39 Å². The van der Waals surface area contributed by atoms with Gasteiger partial charge in [-0.05, 0) is 12.1 Å². The molecule has 88 valence electrons. The number of aliphatic hydroxyl groups is 1. The largest absolute Gasteiger partial charge is 0.409 e. The molecule has 0 saturated heterocycles. The Bertz CT molecular complexity index is 398. The summed E-state index contributed by atoms with van der Waals surface area (Å²) in [5.41, 5.74) is 5.46. The van der Waals surface area contributed by atoms with Crippen molar-refractivity contribution in [2.24, 2.45) is 10.9 Å². The summed E-state index contributed by atoms with van der Waals surface area (Å²) in [6.45, 7) is 1.77. The van der Waals surface area contributed by atoms with Gasteiger partial charge in [0, 0.05) is 10.1 Å². The van der Waals surface area contributed by atoms with Gasteiger partial charge >= 0.3 is 0 Å². The van der Waals surface area contributed by atoms with E-state index in [1.165, 1.54) is 23.9 Å². The normalized spacial score (nSPS) is 13.8. The molecule has 1 unspecified atom stereocenters. The summed E-state index contributed by atoms with van der Waals surface area (Å²) in [6.07, 6.45) is 0. The lowest BCUT2D eigenvalue weighted by Gasteiger charge is -2.12. The number of hydrogen-bond acceptors (Lipinski definition) is 4. The topological polar surface area (TPSA) is 78.8 Å². The molecule has 0 aliphatic heterocycles. The Kier molecular flexibility index (Phi) is 4.57. The van der Waals surface area contributed by atoms with E-state index in [9.17, 15) is 4.39 Å². The number of thioether (sulfide) groups is 1. The minimum atomic E-state index is -0.551. The molecule has 0 heterocycles. The number of amidine groups is 1. The van der Waals surface area contributed by atoms with E-state index < -0.39 is 5.82 Å². The first-order valence-corrected chi connectivity index (χ1v) is 5.52. The molecule has 0 saturated carbocycles. The van der Waals surface area contributed by atoms with Gasteiger partial charge in [0.25, 0.3) is 0 Å². The van der Waals surface area contributed by atoms with Crippen LogP contribution in [0.3, 0.4) is 0 Å². The Hall–Kier alpha value is -1.27. The fourth-order valence-electron chi connectivity index (χ4n) is 1.16. The second kappa shape index (κ2) is 5.72. The lowest BCUT2D eigenvalue weighted by atomic mass is 10.2. The number of aliphatic hydroxyl groups excluding tert-OH is 1. The Morgan fingerprint density at radius 2 is 2.31 bits per heavy atom. The molecule has 16 heavy (non-hydrogen) atoms. The van der Waals surface area contributed by atoms with Gasteiger partial charge in [0.1, 0.15) is 5.82 Å². The molecule has 4 nitrogen and oxygen atoms in total. The van der Waals surface area contributed by atoms with Crippen molar-refractivity contribution in [3.8, 4) is 0 Å². The molecule has 6 heteroatoms. The van der Waals surface area contributed by atoms with Crippen LogP contribution in [0.5, 0.6) is 0 Å². The predicted octanol–water partition coefficient (Wildman–Crippen LogP) is 1.39. The van der Waals surface area contributed by atoms with E-state index >= 15 is 0 Å². The molecule has 4 N–H and O–H groups in total. The van der Waals surface area contributed by atoms with Crippen LogP contribution in [-0.4, -0.2) is 28.0 Å². The molecule has 0 spiro atoms. The second-order valence-electron chi connectivity index (χ2n) is 3.21. The average Bonchev–Trinajstić information content (AvgIpc) is 2.28.